The topological polar surface area (TPSA) is 83.2 Å². The fourth-order valence-corrected chi connectivity index (χ4v) is 3.27. The summed E-state index contributed by atoms with van der Waals surface area (Å²) < 4.78 is 1.97. The van der Waals surface area contributed by atoms with Gasteiger partial charge >= 0.3 is 0 Å². The number of nitrogens with one attached hydrogen (secondary N) is 1. The Labute approximate surface area is 151 Å². The van der Waals surface area contributed by atoms with Crippen LogP contribution < -0.4 is 0 Å². The van der Waals surface area contributed by atoms with Gasteiger partial charge in [0.25, 0.3) is 0 Å². The predicted octanol–water partition coefficient (Wildman–Crippen LogP) is 4.08. The number of benzene rings is 1. The molecule has 0 fully saturated rings. The van der Waals surface area contributed by atoms with Gasteiger partial charge in [0, 0.05) is 23.3 Å². The molecule has 0 aliphatic carbocycles. The number of nitrogens with zero attached hydrogens (tertiary/aromatic N) is 5. The van der Waals surface area contributed by atoms with E-state index in [1.165, 1.54) is 0 Å². The van der Waals surface area contributed by atoms with E-state index in [9.17, 15) is 5.26 Å². The third-order valence-corrected chi connectivity index (χ3v) is 4.51. The number of aromatic nitrogens is 5. The summed E-state index contributed by atoms with van der Waals surface area (Å²) in [5.74, 6) is 0. The number of fused-ring (bicyclic) bond motifs is 1. The third-order valence-electron chi connectivity index (χ3n) is 4.51. The lowest BCUT2D eigenvalue weighted by Crippen LogP contribution is -2.11. The van der Waals surface area contributed by atoms with E-state index in [1.807, 2.05) is 47.5 Å². The van der Waals surface area contributed by atoms with Gasteiger partial charge in [0.1, 0.15) is 12.0 Å². The van der Waals surface area contributed by atoms with Crippen molar-refractivity contribution in [3.05, 3.63) is 66.4 Å². The first-order valence-electron chi connectivity index (χ1n) is 8.63. The van der Waals surface area contributed by atoms with Crippen LogP contribution >= 0.6 is 0 Å². The van der Waals surface area contributed by atoms with Crippen LogP contribution in [-0.4, -0.2) is 24.7 Å². The van der Waals surface area contributed by atoms with Gasteiger partial charge in [-0.3, -0.25) is 4.68 Å². The molecule has 0 aliphatic heterocycles. The van der Waals surface area contributed by atoms with Gasteiger partial charge in [-0.05, 0) is 30.2 Å². The molecule has 3 heterocycles. The summed E-state index contributed by atoms with van der Waals surface area (Å²) in [4.78, 5) is 11.8. The number of hydrogen-bond donors (Lipinski definition) is 1. The van der Waals surface area contributed by atoms with Crippen molar-refractivity contribution in [3.8, 4) is 17.3 Å². The molecule has 0 saturated carbocycles. The Bertz CT molecular complexity index is 1080. The Kier molecular flexibility index (Phi) is 4.20. The fraction of sp³-hybridized carbons (Fsp3) is 0.200. The van der Waals surface area contributed by atoms with Crippen molar-refractivity contribution >= 4 is 11.0 Å². The number of hydrogen-bond acceptors (Lipinski definition) is 4. The van der Waals surface area contributed by atoms with Gasteiger partial charge in [-0.25, -0.2) is 9.97 Å². The molecular weight excluding hydrogens is 324 g/mol. The van der Waals surface area contributed by atoms with Crippen LogP contribution in [0.15, 0.2) is 55.2 Å². The molecule has 0 saturated heterocycles. The van der Waals surface area contributed by atoms with Crippen LogP contribution in [0, 0.1) is 11.3 Å². The maximum absolute atomic E-state index is 9.19. The van der Waals surface area contributed by atoms with Gasteiger partial charge in [-0.1, -0.05) is 25.5 Å². The largest absolute Gasteiger partial charge is 0.346 e. The van der Waals surface area contributed by atoms with Gasteiger partial charge in [0.05, 0.1) is 29.6 Å². The van der Waals surface area contributed by atoms with Crippen molar-refractivity contribution in [2.45, 2.75) is 25.8 Å². The van der Waals surface area contributed by atoms with E-state index in [1.54, 1.807) is 6.33 Å². The van der Waals surface area contributed by atoms with E-state index in [-0.39, 0.29) is 6.04 Å². The predicted molar refractivity (Wildman–Crippen MR) is 99.3 cm³/mol. The molecule has 1 N–H and O–H groups in total. The number of aromatic amines is 1. The quantitative estimate of drug-likeness (QED) is 0.592. The van der Waals surface area contributed by atoms with Crippen molar-refractivity contribution < 1.29 is 0 Å². The Morgan fingerprint density at radius 2 is 2.19 bits per heavy atom. The van der Waals surface area contributed by atoms with Gasteiger partial charge < -0.3 is 4.98 Å². The third kappa shape index (κ3) is 2.84. The summed E-state index contributed by atoms with van der Waals surface area (Å²) in [6, 6.07) is 12.0. The average Bonchev–Trinajstić information content (AvgIpc) is 3.35. The maximum atomic E-state index is 9.19. The van der Waals surface area contributed by atoms with Crippen molar-refractivity contribution in [1.29, 1.82) is 5.26 Å². The zero-order chi connectivity index (χ0) is 17.9. The first-order valence-corrected chi connectivity index (χ1v) is 8.63. The highest BCUT2D eigenvalue weighted by Crippen LogP contribution is 2.28. The average molecular weight is 342 g/mol. The molecule has 4 rings (SSSR count). The minimum atomic E-state index is 0.0885. The molecular formula is C20H18N6. The minimum Gasteiger partial charge on any atom is -0.346 e. The van der Waals surface area contributed by atoms with E-state index in [0.29, 0.717) is 5.56 Å². The first-order chi connectivity index (χ1) is 12.8. The normalized spacial score (nSPS) is 12.2. The van der Waals surface area contributed by atoms with Crippen molar-refractivity contribution in [2.24, 2.45) is 0 Å². The minimum absolute atomic E-state index is 0.0885. The van der Waals surface area contributed by atoms with Crippen molar-refractivity contribution in [2.75, 3.05) is 0 Å². The SMILES string of the molecule is CCCC(c1cccc(C#N)c1)n1cc(-c2ncnc3[nH]ccc23)cn1. The smallest absolute Gasteiger partial charge is 0.141 e. The van der Waals surface area contributed by atoms with Gasteiger partial charge in [-0.2, -0.15) is 10.4 Å². The zero-order valence-electron chi connectivity index (χ0n) is 14.4. The van der Waals surface area contributed by atoms with Crippen LogP contribution in [0.3, 0.4) is 0 Å². The Morgan fingerprint density at radius 3 is 3.04 bits per heavy atom. The van der Waals surface area contributed by atoms with E-state index < -0.39 is 0 Å². The Balaban J connectivity index is 1.75. The molecule has 6 nitrogen and oxygen atoms in total. The van der Waals surface area contributed by atoms with Crippen molar-refractivity contribution in [3.63, 3.8) is 0 Å². The highest BCUT2D eigenvalue weighted by atomic mass is 15.3. The molecule has 0 aliphatic rings. The van der Waals surface area contributed by atoms with Crippen LogP contribution in [-0.2, 0) is 0 Å². The Hall–Kier alpha value is -3.46. The van der Waals surface area contributed by atoms with Crippen LogP contribution in [0.2, 0.25) is 0 Å². The molecule has 1 aromatic carbocycles. The first kappa shape index (κ1) is 16.0. The summed E-state index contributed by atoms with van der Waals surface area (Å²) in [6.45, 7) is 2.15. The van der Waals surface area contributed by atoms with Crippen molar-refractivity contribution in [1.82, 2.24) is 24.7 Å². The van der Waals surface area contributed by atoms with E-state index in [4.69, 9.17) is 0 Å². The summed E-state index contributed by atoms with van der Waals surface area (Å²) in [5, 5.41) is 14.8. The van der Waals surface area contributed by atoms with Crippen LogP contribution in [0.25, 0.3) is 22.3 Å². The molecule has 0 radical (unpaired) electrons. The molecule has 1 unspecified atom stereocenters. The maximum Gasteiger partial charge on any atom is 0.141 e. The lowest BCUT2D eigenvalue weighted by molar-refractivity contribution is 0.484. The van der Waals surface area contributed by atoms with E-state index in [0.717, 1.165) is 40.7 Å². The summed E-state index contributed by atoms with van der Waals surface area (Å²) in [7, 11) is 0. The van der Waals surface area contributed by atoms with Gasteiger partial charge in [0.15, 0.2) is 0 Å². The number of nitriles is 1. The lowest BCUT2D eigenvalue weighted by Gasteiger charge is -2.17. The van der Waals surface area contributed by atoms with Gasteiger partial charge in [0.2, 0.25) is 0 Å². The molecule has 3 aromatic heterocycles. The summed E-state index contributed by atoms with van der Waals surface area (Å²) >= 11 is 0. The zero-order valence-corrected chi connectivity index (χ0v) is 14.4. The summed E-state index contributed by atoms with van der Waals surface area (Å²) in [5.41, 5.74) is 4.39. The number of rotatable bonds is 5. The molecule has 0 amide bonds. The summed E-state index contributed by atoms with van der Waals surface area (Å²) in [6.07, 6.45) is 9.25. The lowest BCUT2D eigenvalue weighted by atomic mass is 10.0. The standard InChI is InChI=1S/C20H18N6/c1-2-4-18(15-6-3-5-14(9-15)10-21)26-12-16(11-25-26)19-17-7-8-22-20(17)24-13-23-19/h3,5-9,11-13,18H,2,4H2,1H3,(H,22,23,24). The number of H-pyrrole nitrogens is 1. The fourth-order valence-electron chi connectivity index (χ4n) is 3.27. The molecule has 6 heteroatoms. The molecule has 0 spiro atoms. The van der Waals surface area contributed by atoms with Gasteiger partial charge in [-0.15, -0.1) is 0 Å². The molecule has 1 atom stereocenters. The monoisotopic (exact) mass is 342 g/mol. The molecule has 4 aromatic rings. The second-order valence-corrected chi connectivity index (χ2v) is 6.21. The van der Waals surface area contributed by atoms with Crippen LogP contribution in [0.5, 0.6) is 0 Å². The second kappa shape index (κ2) is 6.81. The van der Waals surface area contributed by atoms with E-state index >= 15 is 0 Å². The Morgan fingerprint density at radius 1 is 1.27 bits per heavy atom. The van der Waals surface area contributed by atoms with Crippen LogP contribution in [0.1, 0.15) is 36.9 Å². The highest BCUT2D eigenvalue weighted by molar-refractivity contribution is 5.89. The van der Waals surface area contributed by atoms with E-state index in [2.05, 4.69) is 39.1 Å². The highest BCUT2D eigenvalue weighted by Gasteiger charge is 2.16. The van der Waals surface area contributed by atoms with Crippen LogP contribution in [0.4, 0.5) is 0 Å². The molecule has 26 heavy (non-hydrogen) atoms. The second-order valence-electron chi connectivity index (χ2n) is 6.21. The molecule has 128 valence electrons. The molecule has 0 bridgehead atoms.